The Balaban J connectivity index is 2.52. The lowest BCUT2D eigenvalue weighted by Gasteiger charge is -2.18. The molecule has 0 aliphatic heterocycles. The SMILES string of the molecule is CNc1ccc([N+](=O)[O-])c(N(C)c2cccc(F)c2)n1. The Bertz CT molecular complexity index is 648. The van der Waals surface area contributed by atoms with E-state index >= 15 is 0 Å². The Morgan fingerprint density at radius 2 is 2.10 bits per heavy atom. The highest BCUT2D eigenvalue weighted by molar-refractivity contribution is 5.69. The van der Waals surface area contributed by atoms with Gasteiger partial charge in [-0.25, -0.2) is 9.37 Å². The quantitative estimate of drug-likeness (QED) is 0.686. The van der Waals surface area contributed by atoms with Gasteiger partial charge in [0.15, 0.2) is 0 Å². The van der Waals surface area contributed by atoms with E-state index in [1.165, 1.54) is 35.2 Å². The number of rotatable bonds is 4. The predicted molar refractivity (Wildman–Crippen MR) is 74.9 cm³/mol. The van der Waals surface area contributed by atoms with Crippen molar-refractivity contribution >= 4 is 23.0 Å². The molecular formula is C13H13FN4O2. The molecule has 0 atom stereocenters. The molecule has 2 rings (SSSR count). The van der Waals surface area contributed by atoms with Crippen LogP contribution in [-0.4, -0.2) is 24.0 Å². The maximum Gasteiger partial charge on any atom is 0.312 e. The van der Waals surface area contributed by atoms with Crippen molar-refractivity contribution < 1.29 is 9.31 Å². The van der Waals surface area contributed by atoms with Crippen molar-refractivity contribution in [3.05, 3.63) is 52.3 Å². The summed E-state index contributed by atoms with van der Waals surface area (Å²) in [6.07, 6.45) is 0. The molecule has 20 heavy (non-hydrogen) atoms. The fourth-order valence-electron chi connectivity index (χ4n) is 1.78. The average Bonchev–Trinajstić information content (AvgIpc) is 2.45. The molecule has 0 unspecified atom stereocenters. The molecule has 1 aromatic carbocycles. The van der Waals surface area contributed by atoms with Gasteiger partial charge in [-0.1, -0.05) is 6.07 Å². The van der Waals surface area contributed by atoms with Crippen molar-refractivity contribution in [1.82, 2.24) is 4.98 Å². The zero-order valence-corrected chi connectivity index (χ0v) is 11.0. The summed E-state index contributed by atoms with van der Waals surface area (Å²) in [4.78, 5) is 16.2. The molecule has 0 radical (unpaired) electrons. The molecule has 0 saturated carbocycles. The van der Waals surface area contributed by atoms with Crippen molar-refractivity contribution in [3.8, 4) is 0 Å². The average molecular weight is 276 g/mol. The third-order valence-electron chi connectivity index (χ3n) is 2.82. The highest BCUT2D eigenvalue weighted by atomic mass is 19.1. The zero-order valence-electron chi connectivity index (χ0n) is 11.0. The molecular weight excluding hydrogens is 263 g/mol. The Kier molecular flexibility index (Phi) is 3.79. The molecule has 104 valence electrons. The lowest BCUT2D eigenvalue weighted by molar-refractivity contribution is -0.384. The highest BCUT2D eigenvalue weighted by Gasteiger charge is 2.20. The van der Waals surface area contributed by atoms with E-state index in [-0.39, 0.29) is 11.5 Å². The van der Waals surface area contributed by atoms with Crippen LogP contribution in [0.25, 0.3) is 0 Å². The van der Waals surface area contributed by atoms with Gasteiger partial charge in [0.2, 0.25) is 5.82 Å². The molecule has 0 aliphatic carbocycles. The summed E-state index contributed by atoms with van der Waals surface area (Å²) >= 11 is 0. The fourth-order valence-corrected chi connectivity index (χ4v) is 1.78. The monoisotopic (exact) mass is 276 g/mol. The number of hydrogen-bond donors (Lipinski definition) is 1. The molecule has 7 heteroatoms. The molecule has 0 bridgehead atoms. The Labute approximate surface area is 115 Å². The van der Waals surface area contributed by atoms with Gasteiger partial charge < -0.3 is 10.2 Å². The minimum absolute atomic E-state index is 0.143. The van der Waals surface area contributed by atoms with E-state index in [4.69, 9.17) is 0 Å². The van der Waals surface area contributed by atoms with Crippen LogP contribution in [-0.2, 0) is 0 Å². The second-order valence-corrected chi connectivity index (χ2v) is 4.09. The molecule has 0 aliphatic rings. The minimum atomic E-state index is -0.516. The highest BCUT2D eigenvalue weighted by Crippen LogP contribution is 2.31. The fraction of sp³-hybridized carbons (Fsp3) is 0.154. The van der Waals surface area contributed by atoms with Crippen LogP contribution in [0, 0.1) is 15.9 Å². The summed E-state index contributed by atoms with van der Waals surface area (Å²) in [5.41, 5.74) is 0.338. The van der Waals surface area contributed by atoms with Crippen LogP contribution in [0.1, 0.15) is 0 Å². The third-order valence-corrected chi connectivity index (χ3v) is 2.82. The molecule has 1 heterocycles. The molecule has 1 aromatic heterocycles. The van der Waals surface area contributed by atoms with Gasteiger partial charge in [0, 0.05) is 25.8 Å². The summed E-state index contributed by atoms with van der Waals surface area (Å²) in [7, 11) is 3.27. The second-order valence-electron chi connectivity index (χ2n) is 4.09. The minimum Gasteiger partial charge on any atom is -0.373 e. The Morgan fingerprint density at radius 1 is 1.35 bits per heavy atom. The van der Waals surface area contributed by atoms with Gasteiger partial charge in [-0.15, -0.1) is 0 Å². The van der Waals surface area contributed by atoms with E-state index in [0.717, 1.165) is 0 Å². The van der Waals surface area contributed by atoms with E-state index in [9.17, 15) is 14.5 Å². The largest absolute Gasteiger partial charge is 0.373 e. The van der Waals surface area contributed by atoms with E-state index in [0.29, 0.717) is 11.5 Å². The van der Waals surface area contributed by atoms with Crippen LogP contribution in [0.5, 0.6) is 0 Å². The molecule has 0 fully saturated rings. The van der Waals surface area contributed by atoms with Gasteiger partial charge in [0.1, 0.15) is 11.6 Å². The van der Waals surface area contributed by atoms with Gasteiger partial charge in [-0.2, -0.15) is 0 Å². The van der Waals surface area contributed by atoms with E-state index in [1.807, 2.05) is 0 Å². The summed E-state index contributed by atoms with van der Waals surface area (Å²) in [6.45, 7) is 0. The van der Waals surface area contributed by atoms with Crippen LogP contribution in [0.2, 0.25) is 0 Å². The van der Waals surface area contributed by atoms with Crippen molar-refractivity contribution in [2.45, 2.75) is 0 Å². The summed E-state index contributed by atoms with van der Waals surface area (Å²) in [5, 5.41) is 13.9. The van der Waals surface area contributed by atoms with E-state index in [1.54, 1.807) is 20.2 Å². The second kappa shape index (κ2) is 5.52. The first-order valence-electron chi connectivity index (χ1n) is 5.85. The van der Waals surface area contributed by atoms with Gasteiger partial charge >= 0.3 is 5.69 Å². The molecule has 0 saturated heterocycles. The van der Waals surface area contributed by atoms with E-state index < -0.39 is 10.7 Å². The molecule has 0 amide bonds. The number of nitrogens with one attached hydrogen (secondary N) is 1. The Hall–Kier alpha value is -2.70. The Morgan fingerprint density at radius 3 is 2.70 bits per heavy atom. The van der Waals surface area contributed by atoms with Gasteiger partial charge in [-0.05, 0) is 24.3 Å². The van der Waals surface area contributed by atoms with Gasteiger partial charge in [0.25, 0.3) is 0 Å². The normalized spacial score (nSPS) is 10.2. The maximum absolute atomic E-state index is 13.3. The van der Waals surface area contributed by atoms with E-state index in [2.05, 4.69) is 10.3 Å². The predicted octanol–water partition coefficient (Wildman–Crippen LogP) is 2.94. The molecule has 6 nitrogen and oxygen atoms in total. The maximum atomic E-state index is 13.3. The van der Waals surface area contributed by atoms with Crippen LogP contribution in [0.4, 0.5) is 27.4 Å². The van der Waals surface area contributed by atoms with Gasteiger partial charge in [-0.3, -0.25) is 10.1 Å². The first kappa shape index (κ1) is 13.7. The number of anilines is 3. The number of hydrogen-bond acceptors (Lipinski definition) is 5. The number of pyridine rings is 1. The molecule has 2 aromatic rings. The van der Waals surface area contributed by atoms with Crippen molar-refractivity contribution in [1.29, 1.82) is 0 Å². The first-order chi connectivity index (χ1) is 9.52. The third kappa shape index (κ3) is 2.66. The van der Waals surface area contributed by atoms with Crippen LogP contribution in [0.3, 0.4) is 0 Å². The van der Waals surface area contributed by atoms with Gasteiger partial charge in [0.05, 0.1) is 4.92 Å². The molecule has 1 N–H and O–H groups in total. The number of halogens is 1. The van der Waals surface area contributed by atoms with Crippen LogP contribution < -0.4 is 10.2 Å². The lowest BCUT2D eigenvalue weighted by Crippen LogP contribution is -2.14. The van der Waals surface area contributed by atoms with Crippen LogP contribution >= 0.6 is 0 Å². The smallest absolute Gasteiger partial charge is 0.312 e. The lowest BCUT2D eigenvalue weighted by atomic mass is 10.2. The number of aromatic nitrogens is 1. The first-order valence-corrected chi connectivity index (χ1v) is 5.85. The summed E-state index contributed by atoms with van der Waals surface area (Å²) < 4.78 is 13.3. The molecule has 0 spiro atoms. The van der Waals surface area contributed by atoms with Crippen molar-refractivity contribution in [2.24, 2.45) is 0 Å². The number of nitrogens with zero attached hydrogens (tertiary/aromatic N) is 3. The van der Waals surface area contributed by atoms with Crippen molar-refractivity contribution in [3.63, 3.8) is 0 Å². The number of nitro groups is 1. The van der Waals surface area contributed by atoms with Crippen LogP contribution in [0.15, 0.2) is 36.4 Å². The standard InChI is InChI=1S/C13H13FN4O2/c1-15-12-7-6-11(18(19)20)13(16-12)17(2)10-5-3-4-9(14)8-10/h3-8H,1-2H3,(H,15,16). The summed E-state index contributed by atoms with van der Waals surface area (Å²) in [6, 6.07) is 8.67. The number of benzene rings is 1. The summed E-state index contributed by atoms with van der Waals surface area (Å²) in [5.74, 6) is 0.225. The topological polar surface area (TPSA) is 71.3 Å². The van der Waals surface area contributed by atoms with Crippen molar-refractivity contribution in [2.75, 3.05) is 24.3 Å². The zero-order chi connectivity index (χ0) is 14.7.